The van der Waals surface area contributed by atoms with Crippen molar-refractivity contribution < 1.29 is 0 Å². The Morgan fingerprint density at radius 1 is 0.750 bits per heavy atom. The summed E-state index contributed by atoms with van der Waals surface area (Å²) < 4.78 is 0. The van der Waals surface area contributed by atoms with E-state index in [2.05, 4.69) is 117 Å². The molecule has 0 unspecified atom stereocenters. The first-order valence-corrected chi connectivity index (χ1v) is 11.3. The summed E-state index contributed by atoms with van der Waals surface area (Å²) in [4.78, 5) is 0. The van der Waals surface area contributed by atoms with Gasteiger partial charge in [-0.2, -0.15) is 0 Å². The maximum absolute atomic E-state index is 3.70. The van der Waals surface area contributed by atoms with E-state index in [4.69, 9.17) is 0 Å². The summed E-state index contributed by atoms with van der Waals surface area (Å²) in [5.41, 5.74) is 2.90. The van der Waals surface area contributed by atoms with E-state index in [1.165, 1.54) is 27.2 Å². The van der Waals surface area contributed by atoms with Gasteiger partial charge in [0.15, 0.2) is 0 Å². The van der Waals surface area contributed by atoms with Gasteiger partial charge in [0.2, 0.25) is 0 Å². The van der Waals surface area contributed by atoms with Gasteiger partial charge in [0.25, 0.3) is 0 Å². The Morgan fingerprint density at radius 2 is 1.29 bits per heavy atom. The Bertz CT molecular complexity index is 915. The quantitative estimate of drug-likeness (QED) is 0.620. The van der Waals surface area contributed by atoms with E-state index in [-0.39, 0.29) is 5.41 Å². The average Bonchev–Trinajstić information content (AvgIpc) is 3.21. The molecule has 1 aliphatic rings. The molecule has 28 heavy (non-hydrogen) atoms. The molecule has 0 saturated carbocycles. The molecule has 0 fully saturated rings. The first-order chi connectivity index (χ1) is 13.5. The fourth-order valence-corrected chi connectivity index (χ4v) is 6.22. The minimum atomic E-state index is -0.606. The maximum atomic E-state index is 3.70. The third-order valence-corrected chi connectivity index (χ3v) is 7.96. The highest BCUT2D eigenvalue weighted by atomic mass is 31.1. The molecule has 1 aliphatic heterocycles. The molecule has 1 N–H and O–H groups in total. The number of nitrogens with one attached hydrogen (secondary N) is 1. The second-order valence-corrected chi connectivity index (χ2v) is 10.6. The van der Waals surface area contributed by atoms with Crippen LogP contribution in [0.25, 0.3) is 5.70 Å². The first kappa shape index (κ1) is 19.0. The molecule has 2 heteroatoms. The summed E-state index contributed by atoms with van der Waals surface area (Å²) in [7, 11) is -0.606. The molecule has 0 aromatic heterocycles. The van der Waals surface area contributed by atoms with E-state index in [1.807, 2.05) is 0 Å². The SMILES string of the molecule is CC(C)(C)[C@@H]1C=C(c2ccccc2P(c2ccccc2)c2ccccc2)NC1. The Kier molecular flexibility index (Phi) is 5.38. The van der Waals surface area contributed by atoms with Crippen molar-refractivity contribution in [2.45, 2.75) is 20.8 Å². The molecule has 0 spiro atoms. The molecule has 3 aromatic carbocycles. The second-order valence-electron chi connectivity index (χ2n) is 8.46. The van der Waals surface area contributed by atoms with Gasteiger partial charge < -0.3 is 5.32 Å². The molecule has 142 valence electrons. The van der Waals surface area contributed by atoms with Crippen molar-refractivity contribution in [3.63, 3.8) is 0 Å². The topological polar surface area (TPSA) is 12.0 Å². The third-order valence-electron chi connectivity index (χ3n) is 5.46. The standard InChI is InChI=1S/C26H28NP/c1-26(2,3)20-18-24(27-19-20)23-16-10-11-17-25(23)28(21-12-6-4-7-13-21)22-14-8-5-9-15-22/h4-18,20,27H,19H2,1-3H3/t20-/m1/s1. The molecule has 0 bridgehead atoms. The predicted octanol–water partition coefficient (Wildman–Crippen LogP) is 5.05. The van der Waals surface area contributed by atoms with Crippen LogP contribution in [-0.2, 0) is 0 Å². The van der Waals surface area contributed by atoms with Crippen molar-refractivity contribution in [3.05, 3.63) is 96.6 Å². The van der Waals surface area contributed by atoms with Gasteiger partial charge in [0, 0.05) is 23.7 Å². The van der Waals surface area contributed by atoms with E-state index in [0.717, 1.165) is 6.54 Å². The van der Waals surface area contributed by atoms with Gasteiger partial charge in [-0.15, -0.1) is 0 Å². The van der Waals surface area contributed by atoms with Crippen LogP contribution in [0.3, 0.4) is 0 Å². The van der Waals surface area contributed by atoms with Crippen LogP contribution < -0.4 is 21.2 Å². The summed E-state index contributed by atoms with van der Waals surface area (Å²) in [5.74, 6) is 0.551. The molecule has 4 rings (SSSR count). The van der Waals surface area contributed by atoms with E-state index in [1.54, 1.807) is 0 Å². The van der Waals surface area contributed by atoms with Crippen LogP contribution in [0.5, 0.6) is 0 Å². The Labute approximate surface area is 170 Å². The largest absolute Gasteiger partial charge is 0.384 e. The Balaban J connectivity index is 1.83. The van der Waals surface area contributed by atoms with Gasteiger partial charge in [-0.1, -0.05) is 112 Å². The van der Waals surface area contributed by atoms with Crippen molar-refractivity contribution in [1.82, 2.24) is 5.32 Å². The van der Waals surface area contributed by atoms with E-state index < -0.39 is 7.92 Å². The van der Waals surface area contributed by atoms with E-state index >= 15 is 0 Å². The molecular weight excluding hydrogens is 357 g/mol. The van der Waals surface area contributed by atoms with Crippen LogP contribution in [0.1, 0.15) is 26.3 Å². The molecule has 1 atom stereocenters. The summed E-state index contributed by atoms with van der Waals surface area (Å²) in [6.07, 6.45) is 2.45. The van der Waals surface area contributed by atoms with Gasteiger partial charge >= 0.3 is 0 Å². The second kappa shape index (κ2) is 7.94. The van der Waals surface area contributed by atoms with E-state index in [9.17, 15) is 0 Å². The van der Waals surface area contributed by atoms with Crippen LogP contribution >= 0.6 is 7.92 Å². The maximum Gasteiger partial charge on any atom is 0.0383 e. The van der Waals surface area contributed by atoms with Crippen molar-refractivity contribution in [2.24, 2.45) is 11.3 Å². The first-order valence-electron chi connectivity index (χ1n) is 9.99. The predicted molar refractivity (Wildman–Crippen MR) is 124 cm³/mol. The van der Waals surface area contributed by atoms with E-state index in [0.29, 0.717) is 5.92 Å². The Morgan fingerprint density at radius 3 is 1.82 bits per heavy atom. The molecule has 3 aromatic rings. The van der Waals surface area contributed by atoms with Crippen LogP contribution in [0.4, 0.5) is 0 Å². The normalized spacial score (nSPS) is 16.7. The summed E-state index contributed by atoms with van der Waals surface area (Å²) in [6, 6.07) is 30.8. The molecular formula is C26H28NP. The van der Waals surface area contributed by atoms with Crippen LogP contribution in [0.15, 0.2) is 91.0 Å². The van der Waals surface area contributed by atoms with Gasteiger partial charge in [-0.05, 0) is 29.3 Å². The average molecular weight is 385 g/mol. The molecule has 1 nitrogen and oxygen atoms in total. The van der Waals surface area contributed by atoms with Gasteiger partial charge in [-0.25, -0.2) is 0 Å². The lowest BCUT2D eigenvalue weighted by Gasteiger charge is -2.24. The van der Waals surface area contributed by atoms with Gasteiger partial charge in [-0.3, -0.25) is 0 Å². The minimum absolute atomic E-state index is 0.271. The smallest absolute Gasteiger partial charge is 0.0383 e. The summed E-state index contributed by atoms with van der Waals surface area (Å²) in [6.45, 7) is 7.99. The zero-order chi connectivity index (χ0) is 19.6. The van der Waals surface area contributed by atoms with Crippen LogP contribution in [0, 0.1) is 11.3 Å². The number of hydrogen-bond donors (Lipinski definition) is 1. The van der Waals surface area contributed by atoms with Crippen LogP contribution in [-0.4, -0.2) is 6.54 Å². The highest BCUT2D eigenvalue weighted by Crippen LogP contribution is 2.38. The lowest BCUT2D eigenvalue weighted by molar-refractivity contribution is 0.302. The summed E-state index contributed by atoms with van der Waals surface area (Å²) in [5, 5.41) is 7.90. The molecule has 1 heterocycles. The lowest BCUT2D eigenvalue weighted by atomic mass is 9.81. The molecule has 0 saturated heterocycles. The number of hydrogen-bond acceptors (Lipinski definition) is 1. The van der Waals surface area contributed by atoms with Gasteiger partial charge in [0.1, 0.15) is 0 Å². The van der Waals surface area contributed by atoms with Crippen LogP contribution in [0.2, 0.25) is 0 Å². The zero-order valence-electron chi connectivity index (χ0n) is 16.9. The molecule has 0 aliphatic carbocycles. The zero-order valence-corrected chi connectivity index (χ0v) is 17.8. The number of benzene rings is 3. The highest BCUT2D eigenvalue weighted by molar-refractivity contribution is 7.80. The van der Waals surface area contributed by atoms with Crippen molar-refractivity contribution >= 4 is 29.5 Å². The number of rotatable bonds is 4. The van der Waals surface area contributed by atoms with Gasteiger partial charge in [0.05, 0.1) is 0 Å². The third kappa shape index (κ3) is 3.91. The summed E-state index contributed by atoms with van der Waals surface area (Å²) >= 11 is 0. The molecule has 0 amide bonds. The van der Waals surface area contributed by atoms with Crippen molar-refractivity contribution in [2.75, 3.05) is 6.54 Å². The monoisotopic (exact) mass is 385 g/mol. The fraction of sp³-hybridized carbons (Fsp3) is 0.231. The lowest BCUT2D eigenvalue weighted by Crippen LogP contribution is -2.25. The fourth-order valence-electron chi connectivity index (χ4n) is 3.76. The highest BCUT2D eigenvalue weighted by Gasteiger charge is 2.29. The minimum Gasteiger partial charge on any atom is -0.384 e. The molecule has 0 radical (unpaired) electrons. The van der Waals surface area contributed by atoms with Crippen molar-refractivity contribution in [3.8, 4) is 0 Å². The Hall–Kier alpha value is -2.37. The van der Waals surface area contributed by atoms with Crippen molar-refractivity contribution in [1.29, 1.82) is 0 Å².